The highest BCUT2D eigenvalue weighted by Crippen LogP contribution is 2.29. The van der Waals surface area contributed by atoms with Crippen molar-refractivity contribution < 1.29 is 31.2 Å². The Labute approximate surface area is 265 Å². The molecule has 0 spiro atoms. The van der Waals surface area contributed by atoms with Gasteiger partial charge in [-0.25, -0.2) is 9.13 Å². The van der Waals surface area contributed by atoms with E-state index in [-0.39, 0.29) is 12.4 Å². The fourth-order valence-electron chi connectivity index (χ4n) is 5.12. The third-order valence-electron chi connectivity index (χ3n) is 7.55. The van der Waals surface area contributed by atoms with Crippen LogP contribution in [-0.2, 0) is 22.6 Å². The van der Waals surface area contributed by atoms with Crippen LogP contribution in [0.2, 0.25) is 5.02 Å². The molecule has 0 aliphatic carbocycles. The Morgan fingerprint density at radius 2 is 1.38 bits per heavy atom. The lowest BCUT2D eigenvalue weighted by Gasteiger charge is -2.10. The maximum Gasteiger partial charge on any atom is 0.243 e. The topological polar surface area (TPSA) is 49.4 Å². The monoisotopic (exact) mass is 621 g/mol. The number of nitrogens with zero attached hydrogens (tertiary/aromatic N) is 3. The van der Waals surface area contributed by atoms with Gasteiger partial charge in [0.05, 0.1) is 38.0 Å². The van der Waals surface area contributed by atoms with E-state index >= 15 is 0 Å². The summed E-state index contributed by atoms with van der Waals surface area (Å²) in [5, 5.41) is 1.57. The second-order valence-electron chi connectivity index (χ2n) is 11.0. The van der Waals surface area contributed by atoms with Gasteiger partial charge in [-0.1, -0.05) is 95.6 Å². The third kappa shape index (κ3) is 15.0. The van der Waals surface area contributed by atoms with Crippen molar-refractivity contribution >= 4 is 22.5 Å². The number of fused-ring (bicyclic) bond motifs is 1. The molecule has 0 bridgehead atoms. The molecule has 6 nitrogen and oxygen atoms in total. The number of imidazole rings is 1. The van der Waals surface area contributed by atoms with Crippen LogP contribution < -0.4 is 21.7 Å². The molecule has 2 heterocycles. The first kappa shape index (κ1) is 36.3. The molecule has 0 fully saturated rings. The summed E-state index contributed by atoms with van der Waals surface area (Å²) in [7, 11) is 0. The predicted octanol–water partition coefficient (Wildman–Crippen LogP) is 5.57. The van der Waals surface area contributed by atoms with E-state index in [0.717, 1.165) is 29.7 Å². The van der Waals surface area contributed by atoms with Crippen molar-refractivity contribution in [3.63, 3.8) is 0 Å². The van der Waals surface area contributed by atoms with Crippen LogP contribution in [-0.4, -0.2) is 42.6 Å². The van der Waals surface area contributed by atoms with Gasteiger partial charge in [0.2, 0.25) is 6.33 Å². The van der Waals surface area contributed by atoms with Gasteiger partial charge in [0.25, 0.3) is 0 Å². The first-order chi connectivity index (χ1) is 20.3. The predicted molar refractivity (Wildman–Crippen MR) is 169 cm³/mol. The molecule has 0 amide bonds. The Kier molecular flexibility index (Phi) is 20.4. The lowest BCUT2D eigenvalue weighted by atomic mass is 10.0. The number of hydrogen-bond acceptors (Lipinski definition) is 4. The van der Waals surface area contributed by atoms with E-state index in [2.05, 4.69) is 39.8 Å². The number of hydrogen-bond donors (Lipinski definition) is 0. The second kappa shape index (κ2) is 23.6. The quantitative estimate of drug-likeness (QED) is 0.0916. The van der Waals surface area contributed by atoms with Gasteiger partial charge in [-0.3, -0.25) is 4.98 Å². The Hall–Kier alpha value is -1.86. The molecule has 0 unspecified atom stereocenters. The van der Waals surface area contributed by atoms with Gasteiger partial charge in [0.1, 0.15) is 36.8 Å². The molecular formula is C34H53Cl2N3O3. The molecule has 0 aliphatic heterocycles. The van der Waals surface area contributed by atoms with Gasteiger partial charge in [-0.05, 0) is 37.1 Å². The normalized spacial score (nSPS) is 11.2. The molecule has 2 aromatic heterocycles. The molecule has 0 radical (unpaired) electrons. The fourth-order valence-corrected chi connectivity index (χ4v) is 5.34. The van der Waals surface area contributed by atoms with Crippen LogP contribution in [0.15, 0.2) is 49.2 Å². The molecule has 3 aromatic rings. The lowest BCUT2D eigenvalue weighted by molar-refractivity contribution is -0.696. The van der Waals surface area contributed by atoms with Crippen molar-refractivity contribution in [3.8, 4) is 5.75 Å². The number of pyridine rings is 1. The number of ether oxygens (including phenoxy) is 3. The molecule has 0 saturated carbocycles. The van der Waals surface area contributed by atoms with Crippen LogP contribution >= 0.6 is 11.6 Å². The minimum absolute atomic E-state index is 0. The van der Waals surface area contributed by atoms with Gasteiger partial charge in [-0.15, -0.1) is 0 Å². The molecule has 236 valence electrons. The molecule has 0 N–H and O–H groups in total. The Balaban J connectivity index is 0.00000616. The summed E-state index contributed by atoms with van der Waals surface area (Å²) in [6, 6.07) is 7.50. The van der Waals surface area contributed by atoms with Gasteiger partial charge in [-0.2, -0.15) is 0 Å². The van der Waals surface area contributed by atoms with E-state index in [4.69, 9.17) is 25.8 Å². The lowest BCUT2D eigenvalue weighted by Crippen LogP contribution is -3.00. The Morgan fingerprint density at radius 3 is 2.07 bits per heavy atom. The summed E-state index contributed by atoms with van der Waals surface area (Å²) in [5.41, 5.74) is 0.772. The molecule has 3 rings (SSSR count). The molecular weight excluding hydrogens is 569 g/mol. The zero-order valence-corrected chi connectivity index (χ0v) is 27.3. The van der Waals surface area contributed by atoms with Crippen LogP contribution in [0.3, 0.4) is 0 Å². The Morgan fingerprint density at radius 1 is 0.762 bits per heavy atom. The minimum Gasteiger partial charge on any atom is -1.00 e. The number of aryl methyl sites for hydroxylation is 1. The largest absolute Gasteiger partial charge is 1.00 e. The zero-order chi connectivity index (χ0) is 28.8. The van der Waals surface area contributed by atoms with Crippen LogP contribution in [0, 0.1) is 0 Å². The average Bonchev–Trinajstić information content (AvgIpc) is 3.45. The van der Waals surface area contributed by atoms with E-state index in [1.54, 1.807) is 6.20 Å². The van der Waals surface area contributed by atoms with Gasteiger partial charge >= 0.3 is 0 Å². The summed E-state index contributed by atoms with van der Waals surface area (Å²) in [5.74, 6) is 0.721. The number of halogens is 2. The molecule has 8 heteroatoms. The van der Waals surface area contributed by atoms with Crippen molar-refractivity contribution in [1.29, 1.82) is 0 Å². The van der Waals surface area contributed by atoms with Crippen LogP contribution in [0.25, 0.3) is 10.9 Å². The summed E-state index contributed by atoms with van der Waals surface area (Å²) < 4.78 is 21.7. The van der Waals surface area contributed by atoms with E-state index in [0.29, 0.717) is 38.1 Å². The molecule has 0 aliphatic rings. The van der Waals surface area contributed by atoms with Crippen molar-refractivity contribution in [2.75, 3.05) is 33.0 Å². The average molecular weight is 623 g/mol. The second-order valence-corrected chi connectivity index (χ2v) is 11.4. The van der Waals surface area contributed by atoms with Crippen LogP contribution in [0.5, 0.6) is 5.75 Å². The van der Waals surface area contributed by atoms with Crippen molar-refractivity contribution in [1.82, 2.24) is 9.55 Å². The van der Waals surface area contributed by atoms with E-state index in [1.807, 2.05) is 24.3 Å². The first-order valence-corrected chi connectivity index (χ1v) is 16.5. The highest BCUT2D eigenvalue weighted by atomic mass is 35.5. The summed E-state index contributed by atoms with van der Waals surface area (Å²) >= 11 is 6.24. The van der Waals surface area contributed by atoms with Crippen molar-refractivity contribution in [3.05, 3.63) is 54.2 Å². The van der Waals surface area contributed by atoms with E-state index in [9.17, 15) is 0 Å². The number of aromatic nitrogens is 3. The molecule has 0 saturated heterocycles. The van der Waals surface area contributed by atoms with Crippen molar-refractivity contribution in [2.45, 2.75) is 110 Å². The van der Waals surface area contributed by atoms with Gasteiger partial charge in [0.15, 0.2) is 0 Å². The molecule has 0 atom stereocenters. The number of rotatable bonds is 25. The first-order valence-electron chi connectivity index (χ1n) is 16.1. The maximum absolute atomic E-state index is 6.24. The Bertz CT molecular complexity index is 1080. The fraction of sp³-hybridized carbons (Fsp3) is 0.647. The highest BCUT2D eigenvalue weighted by molar-refractivity contribution is 6.35. The summed E-state index contributed by atoms with van der Waals surface area (Å²) in [6.45, 7) is 6.99. The zero-order valence-electron chi connectivity index (χ0n) is 25.8. The van der Waals surface area contributed by atoms with E-state index in [1.165, 1.54) is 89.9 Å². The number of benzene rings is 1. The smallest absolute Gasteiger partial charge is 0.243 e. The molecule has 1 aromatic carbocycles. The molecule has 42 heavy (non-hydrogen) atoms. The minimum atomic E-state index is 0. The van der Waals surface area contributed by atoms with Gasteiger partial charge in [0, 0.05) is 11.6 Å². The van der Waals surface area contributed by atoms with Crippen LogP contribution in [0.1, 0.15) is 96.8 Å². The number of unbranched alkanes of at least 4 members (excludes halogenated alkanes) is 13. The standard InChI is InChI=1S/C34H53ClN3O3.ClH/c1-2-3-4-5-6-7-8-9-10-11-12-13-14-15-21-37-22-23-38(30-37)24-25-39-26-27-40-28-29-41-33-19-18-32(35)31-17-16-20-36-34(31)33;/h16-20,22-23,30H,2-15,21,24-29H2,1H3;1H/q+1;/p-1. The summed E-state index contributed by atoms with van der Waals surface area (Å²) in [4.78, 5) is 4.39. The third-order valence-corrected chi connectivity index (χ3v) is 7.88. The van der Waals surface area contributed by atoms with Crippen LogP contribution in [0.4, 0.5) is 0 Å². The van der Waals surface area contributed by atoms with Gasteiger partial charge < -0.3 is 26.6 Å². The maximum atomic E-state index is 6.24. The highest BCUT2D eigenvalue weighted by Gasteiger charge is 2.07. The van der Waals surface area contributed by atoms with E-state index < -0.39 is 0 Å². The SMILES string of the molecule is CCCCCCCCCCCCCCCC[n+]1ccn(CCOCCOCCOc2ccc(Cl)c3cccnc23)c1.[Cl-]. The summed E-state index contributed by atoms with van der Waals surface area (Å²) in [6.07, 6.45) is 27.8. The van der Waals surface area contributed by atoms with Crippen molar-refractivity contribution in [2.24, 2.45) is 0 Å².